The van der Waals surface area contributed by atoms with Gasteiger partial charge in [0.05, 0.1) is 49.3 Å². The minimum absolute atomic E-state index is 0.00280. The van der Waals surface area contributed by atoms with Crippen molar-refractivity contribution in [3.63, 3.8) is 0 Å². The van der Waals surface area contributed by atoms with Crippen LogP contribution in [0.1, 0.15) is 64.1 Å². The van der Waals surface area contributed by atoms with Gasteiger partial charge in [0.25, 0.3) is 5.56 Å². The molecule has 0 amide bonds. The minimum atomic E-state index is -0.791. The number of methoxy groups -OCH3 is 2. The molecular weight excluding hydrogens is 556 g/mol. The van der Waals surface area contributed by atoms with Gasteiger partial charge in [0, 0.05) is 0 Å². The van der Waals surface area contributed by atoms with Gasteiger partial charge in [0.1, 0.15) is 0 Å². The van der Waals surface area contributed by atoms with Crippen molar-refractivity contribution in [3.05, 3.63) is 78.5 Å². The molecule has 0 aliphatic carbocycles. The number of unbranched alkanes of at least 4 members (excludes halogenated alkanes) is 2. The minimum Gasteiger partial charge on any atom is -0.504 e. The monoisotopic (exact) mass is 594 g/mol. The van der Waals surface area contributed by atoms with Crippen molar-refractivity contribution in [1.82, 2.24) is 4.57 Å². The molecule has 42 heavy (non-hydrogen) atoms. The van der Waals surface area contributed by atoms with Crippen molar-refractivity contribution in [1.29, 1.82) is 0 Å². The van der Waals surface area contributed by atoms with Crippen molar-refractivity contribution in [2.24, 2.45) is 10.9 Å². The molecule has 2 aromatic carbocycles. The molecule has 0 saturated carbocycles. The fourth-order valence-electron chi connectivity index (χ4n) is 4.66. The summed E-state index contributed by atoms with van der Waals surface area (Å²) in [6, 6.07) is 9.52. The highest BCUT2D eigenvalue weighted by Gasteiger charge is 2.34. The second-order valence-electron chi connectivity index (χ2n) is 10.5. The summed E-state index contributed by atoms with van der Waals surface area (Å²) in [7, 11) is 3.03. The highest BCUT2D eigenvalue weighted by atomic mass is 32.1. The number of phenolic OH excluding ortho intramolecular Hbond substituents is 1. The van der Waals surface area contributed by atoms with Crippen LogP contribution in [-0.2, 0) is 9.53 Å². The van der Waals surface area contributed by atoms with Gasteiger partial charge in [-0.05, 0) is 60.7 Å². The van der Waals surface area contributed by atoms with Gasteiger partial charge in [0.15, 0.2) is 27.8 Å². The van der Waals surface area contributed by atoms with Gasteiger partial charge in [-0.3, -0.25) is 9.36 Å². The first kappa shape index (κ1) is 30.9. The molecule has 1 aliphatic rings. The molecule has 9 nitrogen and oxygen atoms in total. The number of phenols is 1. The SMILES string of the molecule is CCCCCOc1ccc(C2C(C(=O)OCC(C)C)=C(C)N=c3s/c(=C\c4ccc(O)c(OC)c4)c(=O)n32)cc1OC. The van der Waals surface area contributed by atoms with Gasteiger partial charge < -0.3 is 24.1 Å². The standard InChI is InChI=1S/C32H38N2O7S/c1-7-8-9-14-40-24-13-11-22(17-26(24)39-6)29-28(31(37)41-18-19(2)3)20(4)33-32-34(29)30(36)27(42-32)16-21-10-12-23(35)25(15-21)38-5/h10-13,15-17,19,29,35H,7-9,14,18H2,1-6H3/b27-16-. The number of rotatable bonds is 12. The molecule has 1 aromatic heterocycles. The van der Waals surface area contributed by atoms with E-state index >= 15 is 0 Å². The molecule has 10 heteroatoms. The Morgan fingerprint density at radius 1 is 1.10 bits per heavy atom. The number of thiazole rings is 1. The fraction of sp³-hybridized carbons (Fsp3) is 0.406. The molecule has 0 radical (unpaired) electrons. The lowest BCUT2D eigenvalue weighted by molar-refractivity contribution is -0.140. The van der Waals surface area contributed by atoms with Crippen LogP contribution in [0.4, 0.5) is 0 Å². The largest absolute Gasteiger partial charge is 0.504 e. The summed E-state index contributed by atoms with van der Waals surface area (Å²) in [6.45, 7) is 8.61. The van der Waals surface area contributed by atoms with Crippen molar-refractivity contribution in [2.75, 3.05) is 27.4 Å². The number of aromatic hydroxyl groups is 1. The van der Waals surface area contributed by atoms with Crippen LogP contribution in [0, 0.1) is 5.92 Å². The van der Waals surface area contributed by atoms with E-state index in [4.69, 9.17) is 18.9 Å². The molecule has 1 N–H and O–H groups in total. The average Bonchev–Trinajstić information content (AvgIpc) is 3.28. The molecule has 1 atom stereocenters. The van der Waals surface area contributed by atoms with Gasteiger partial charge in [-0.15, -0.1) is 0 Å². The number of aromatic nitrogens is 1. The highest BCUT2D eigenvalue weighted by molar-refractivity contribution is 7.07. The summed E-state index contributed by atoms with van der Waals surface area (Å²) in [5, 5.41) is 9.99. The molecule has 3 aromatic rings. The summed E-state index contributed by atoms with van der Waals surface area (Å²) >= 11 is 1.22. The Hall–Kier alpha value is -4.05. The molecule has 2 heterocycles. The molecule has 1 unspecified atom stereocenters. The first-order valence-corrected chi connectivity index (χ1v) is 14.9. The van der Waals surface area contributed by atoms with Crippen molar-refractivity contribution in [2.45, 2.75) is 53.0 Å². The number of hydrogen-bond acceptors (Lipinski definition) is 9. The van der Waals surface area contributed by atoms with Crippen LogP contribution >= 0.6 is 11.3 Å². The fourth-order valence-corrected chi connectivity index (χ4v) is 5.71. The molecule has 0 spiro atoms. The van der Waals surface area contributed by atoms with E-state index in [0.717, 1.165) is 19.3 Å². The average molecular weight is 595 g/mol. The molecule has 0 fully saturated rings. The third-order valence-corrected chi connectivity index (χ3v) is 7.78. The van der Waals surface area contributed by atoms with Crippen LogP contribution < -0.4 is 29.1 Å². The van der Waals surface area contributed by atoms with E-state index in [-0.39, 0.29) is 23.8 Å². The zero-order valence-electron chi connectivity index (χ0n) is 24.9. The maximum absolute atomic E-state index is 14.0. The number of nitrogens with zero attached hydrogens (tertiary/aromatic N) is 2. The number of allylic oxidation sites excluding steroid dienone is 1. The van der Waals surface area contributed by atoms with E-state index in [1.807, 2.05) is 26.0 Å². The number of fused-ring (bicyclic) bond motifs is 1. The van der Waals surface area contributed by atoms with E-state index in [9.17, 15) is 14.7 Å². The van der Waals surface area contributed by atoms with Crippen LogP contribution in [0.5, 0.6) is 23.0 Å². The Bertz CT molecular complexity index is 1650. The van der Waals surface area contributed by atoms with E-state index in [1.54, 1.807) is 38.3 Å². The Balaban J connectivity index is 1.85. The van der Waals surface area contributed by atoms with Crippen LogP contribution in [-0.4, -0.2) is 43.1 Å². The summed E-state index contributed by atoms with van der Waals surface area (Å²) < 4.78 is 24.5. The molecular formula is C32H38N2O7S. The van der Waals surface area contributed by atoms with Gasteiger partial charge in [-0.25, -0.2) is 9.79 Å². The molecule has 224 valence electrons. The quantitative estimate of drug-likeness (QED) is 0.239. The first-order valence-electron chi connectivity index (χ1n) is 14.1. The number of carbonyl (C=O) groups excluding carboxylic acids is 1. The van der Waals surface area contributed by atoms with Gasteiger partial charge in [0.2, 0.25) is 0 Å². The second-order valence-corrected chi connectivity index (χ2v) is 11.5. The lowest BCUT2D eigenvalue weighted by atomic mass is 9.95. The Morgan fingerprint density at radius 3 is 2.55 bits per heavy atom. The maximum atomic E-state index is 14.0. The van der Waals surface area contributed by atoms with E-state index < -0.39 is 12.0 Å². The number of benzene rings is 2. The van der Waals surface area contributed by atoms with E-state index in [1.165, 1.54) is 29.1 Å². The molecule has 0 saturated heterocycles. The lowest BCUT2D eigenvalue weighted by Crippen LogP contribution is -2.40. The predicted molar refractivity (Wildman–Crippen MR) is 162 cm³/mol. The second kappa shape index (κ2) is 13.7. The summed E-state index contributed by atoms with van der Waals surface area (Å²) in [4.78, 5) is 32.6. The predicted octanol–water partition coefficient (Wildman–Crippen LogP) is 4.73. The number of carbonyl (C=O) groups is 1. The van der Waals surface area contributed by atoms with E-state index in [2.05, 4.69) is 11.9 Å². The zero-order chi connectivity index (χ0) is 30.4. The first-order chi connectivity index (χ1) is 20.2. The van der Waals surface area contributed by atoms with Crippen LogP contribution in [0.2, 0.25) is 0 Å². The Labute approximate surface area is 249 Å². The molecule has 4 rings (SSSR count). The zero-order valence-corrected chi connectivity index (χ0v) is 25.7. The van der Waals surface area contributed by atoms with Crippen molar-refractivity contribution < 1.29 is 28.8 Å². The number of ether oxygens (including phenoxy) is 4. The highest BCUT2D eigenvalue weighted by Crippen LogP contribution is 2.36. The Morgan fingerprint density at radius 2 is 1.86 bits per heavy atom. The van der Waals surface area contributed by atoms with Gasteiger partial charge in [-0.2, -0.15) is 0 Å². The normalized spacial score (nSPS) is 14.9. The Kier molecular flexibility index (Phi) is 10.1. The van der Waals surface area contributed by atoms with Gasteiger partial charge in [-0.1, -0.05) is 57.1 Å². The van der Waals surface area contributed by atoms with Crippen molar-refractivity contribution >= 4 is 23.4 Å². The topological polar surface area (TPSA) is 109 Å². The summed E-state index contributed by atoms with van der Waals surface area (Å²) in [5.41, 5.74) is 1.80. The summed E-state index contributed by atoms with van der Waals surface area (Å²) in [6.07, 6.45) is 4.80. The van der Waals surface area contributed by atoms with Crippen LogP contribution in [0.15, 0.2) is 57.5 Å². The smallest absolute Gasteiger partial charge is 0.338 e. The van der Waals surface area contributed by atoms with Crippen LogP contribution in [0.25, 0.3) is 6.08 Å². The lowest BCUT2D eigenvalue weighted by Gasteiger charge is -2.25. The number of esters is 1. The van der Waals surface area contributed by atoms with E-state index in [0.29, 0.717) is 55.6 Å². The van der Waals surface area contributed by atoms with Crippen molar-refractivity contribution in [3.8, 4) is 23.0 Å². The number of hydrogen-bond donors (Lipinski definition) is 1. The molecule has 0 bridgehead atoms. The molecule has 1 aliphatic heterocycles. The van der Waals surface area contributed by atoms with Crippen LogP contribution in [0.3, 0.4) is 0 Å². The maximum Gasteiger partial charge on any atom is 0.338 e. The third kappa shape index (κ3) is 6.70. The summed E-state index contributed by atoms with van der Waals surface area (Å²) in [5.74, 6) is 1.02. The third-order valence-electron chi connectivity index (χ3n) is 6.80. The van der Waals surface area contributed by atoms with Gasteiger partial charge >= 0.3 is 5.97 Å².